The predicted octanol–water partition coefficient (Wildman–Crippen LogP) is 2.70. The number of hydrogen-bond acceptors (Lipinski definition) is 4. The van der Waals surface area contributed by atoms with Crippen molar-refractivity contribution in [2.45, 2.75) is 17.5 Å². The molecule has 0 aromatic heterocycles. The molecular formula is C20H21F3N2O4S. The minimum atomic E-state index is -4.51. The number of halogens is 3. The van der Waals surface area contributed by atoms with Crippen LogP contribution in [0.1, 0.15) is 21.5 Å². The molecule has 1 saturated heterocycles. The number of rotatable bonds is 6. The summed E-state index contributed by atoms with van der Waals surface area (Å²) in [7, 11) is -3.57. The van der Waals surface area contributed by atoms with Crippen LogP contribution >= 0.6 is 0 Å². The van der Waals surface area contributed by atoms with Gasteiger partial charge in [0.25, 0.3) is 5.91 Å². The Labute approximate surface area is 172 Å². The van der Waals surface area contributed by atoms with Gasteiger partial charge in [-0.3, -0.25) is 4.79 Å². The summed E-state index contributed by atoms with van der Waals surface area (Å²) in [6.45, 7) is 1.55. The first-order valence-electron chi connectivity index (χ1n) is 9.30. The van der Waals surface area contributed by atoms with E-state index < -0.39 is 27.7 Å². The van der Waals surface area contributed by atoms with Gasteiger partial charge in [0.15, 0.2) is 0 Å². The quantitative estimate of drug-likeness (QED) is 0.747. The zero-order chi connectivity index (χ0) is 21.8. The van der Waals surface area contributed by atoms with E-state index in [9.17, 15) is 26.4 Å². The van der Waals surface area contributed by atoms with Gasteiger partial charge >= 0.3 is 6.18 Å². The minimum Gasteiger partial charge on any atom is -0.379 e. The third-order valence-electron chi connectivity index (χ3n) is 4.68. The number of alkyl halides is 3. The summed E-state index contributed by atoms with van der Waals surface area (Å²) in [6, 6.07) is 10.5. The van der Waals surface area contributed by atoms with Gasteiger partial charge in [0.2, 0.25) is 10.0 Å². The lowest BCUT2D eigenvalue weighted by atomic mass is 10.1. The lowest BCUT2D eigenvalue weighted by Gasteiger charge is -2.26. The fraction of sp³-hybridized carbons (Fsp3) is 0.350. The molecule has 1 aliphatic heterocycles. The topological polar surface area (TPSA) is 75.7 Å². The standard InChI is InChI=1S/C20H21F3N2O4S/c21-20(22,23)17-3-1-2-16(14-17)19(26)24-9-8-15-4-6-18(7-5-15)30(27,28)25-10-12-29-13-11-25/h1-7,14H,8-13H2,(H,24,26). The third-order valence-corrected chi connectivity index (χ3v) is 6.60. The molecule has 0 atom stereocenters. The number of morpholine rings is 1. The summed E-state index contributed by atoms with van der Waals surface area (Å²) >= 11 is 0. The SMILES string of the molecule is O=C(NCCc1ccc(S(=O)(=O)N2CCOCC2)cc1)c1cccc(C(F)(F)F)c1. The highest BCUT2D eigenvalue weighted by Gasteiger charge is 2.31. The van der Waals surface area contributed by atoms with Crippen LogP contribution in [0.2, 0.25) is 0 Å². The first-order chi connectivity index (χ1) is 14.2. The molecule has 30 heavy (non-hydrogen) atoms. The molecule has 0 saturated carbocycles. The maximum absolute atomic E-state index is 12.8. The molecule has 10 heteroatoms. The molecule has 0 spiro atoms. The molecule has 0 bridgehead atoms. The van der Waals surface area contributed by atoms with Crippen LogP contribution in [-0.4, -0.2) is 51.5 Å². The summed E-state index contributed by atoms with van der Waals surface area (Å²) in [5.74, 6) is -0.604. The zero-order valence-corrected chi connectivity index (χ0v) is 16.8. The van der Waals surface area contributed by atoms with Crippen molar-refractivity contribution in [3.05, 3.63) is 65.2 Å². The molecule has 0 unspecified atom stereocenters. The Morgan fingerprint density at radius 1 is 1.07 bits per heavy atom. The van der Waals surface area contributed by atoms with Gasteiger partial charge in [-0.1, -0.05) is 18.2 Å². The highest BCUT2D eigenvalue weighted by Crippen LogP contribution is 2.29. The molecule has 1 N–H and O–H groups in total. The molecule has 2 aromatic carbocycles. The normalized spacial score (nSPS) is 15.7. The molecule has 0 aliphatic carbocycles. The minimum absolute atomic E-state index is 0.0724. The van der Waals surface area contributed by atoms with Crippen LogP contribution in [0.3, 0.4) is 0 Å². The first-order valence-corrected chi connectivity index (χ1v) is 10.7. The highest BCUT2D eigenvalue weighted by atomic mass is 32.2. The van der Waals surface area contributed by atoms with Crippen molar-refractivity contribution >= 4 is 15.9 Å². The van der Waals surface area contributed by atoms with Crippen molar-refractivity contribution in [3.8, 4) is 0 Å². The Morgan fingerprint density at radius 2 is 1.73 bits per heavy atom. The molecule has 1 fully saturated rings. The number of hydrogen-bond donors (Lipinski definition) is 1. The lowest BCUT2D eigenvalue weighted by Crippen LogP contribution is -2.40. The van der Waals surface area contributed by atoms with Crippen LogP contribution in [-0.2, 0) is 27.4 Å². The second-order valence-electron chi connectivity index (χ2n) is 6.74. The van der Waals surface area contributed by atoms with Crippen LogP contribution in [0.15, 0.2) is 53.4 Å². The van der Waals surface area contributed by atoms with Crippen molar-refractivity contribution in [1.82, 2.24) is 9.62 Å². The van der Waals surface area contributed by atoms with Gasteiger partial charge in [-0.25, -0.2) is 8.42 Å². The smallest absolute Gasteiger partial charge is 0.379 e. The molecule has 1 aliphatic rings. The van der Waals surface area contributed by atoms with Crippen molar-refractivity contribution in [1.29, 1.82) is 0 Å². The van der Waals surface area contributed by atoms with E-state index in [4.69, 9.17) is 4.74 Å². The van der Waals surface area contributed by atoms with Crippen molar-refractivity contribution in [2.24, 2.45) is 0 Å². The number of nitrogens with zero attached hydrogens (tertiary/aromatic N) is 1. The van der Waals surface area contributed by atoms with Crippen LogP contribution < -0.4 is 5.32 Å². The number of sulfonamides is 1. The largest absolute Gasteiger partial charge is 0.416 e. The Balaban J connectivity index is 1.56. The number of benzene rings is 2. The number of carbonyl (C=O) groups is 1. The van der Waals surface area contributed by atoms with E-state index >= 15 is 0 Å². The Morgan fingerprint density at radius 3 is 2.37 bits per heavy atom. The van der Waals surface area contributed by atoms with E-state index in [1.54, 1.807) is 12.1 Å². The van der Waals surface area contributed by atoms with Gasteiger partial charge < -0.3 is 10.1 Å². The van der Waals surface area contributed by atoms with Gasteiger partial charge in [0.1, 0.15) is 0 Å². The molecule has 6 nitrogen and oxygen atoms in total. The van der Waals surface area contributed by atoms with Crippen molar-refractivity contribution in [3.63, 3.8) is 0 Å². The van der Waals surface area contributed by atoms with Gasteiger partial charge in [0, 0.05) is 25.2 Å². The number of nitrogens with one attached hydrogen (secondary N) is 1. The third kappa shape index (κ3) is 5.38. The maximum Gasteiger partial charge on any atom is 0.416 e. The predicted molar refractivity (Wildman–Crippen MR) is 104 cm³/mol. The van der Waals surface area contributed by atoms with Crippen LogP contribution in [0, 0.1) is 0 Å². The Kier molecular flexibility index (Phi) is 6.79. The van der Waals surface area contributed by atoms with Crippen molar-refractivity contribution in [2.75, 3.05) is 32.8 Å². The molecule has 1 heterocycles. The second kappa shape index (κ2) is 9.15. The number of ether oxygens (including phenoxy) is 1. The molecule has 162 valence electrons. The average Bonchev–Trinajstić information content (AvgIpc) is 2.74. The van der Waals surface area contributed by atoms with Crippen LogP contribution in [0.5, 0.6) is 0 Å². The number of carbonyl (C=O) groups excluding carboxylic acids is 1. The monoisotopic (exact) mass is 442 g/mol. The van der Waals surface area contributed by atoms with Gasteiger partial charge in [0.05, 0.1) is 23.7 Å². The summed E-state index contributed by atoms with van der Waals surface area (Å²) in [4.78, 5) is 12.3. The van der Waals surface area contributed by atoms with Gasteiger partial charge in [-0.15, -0.1) is 0 Å². The molecular weight excluding hydrogens is 421 g/mol. The van der Waals surface area contributed by atoms with E-state index in [-0.39, 0.29) is 17.0 Å². The van der Waals surface area contributed by atoms with Crippen LogP contribution in [0.4, 0.5) is 13.2 Å². The first kappa shape index (κ1) is 22.3. The lowest BCUT2D eigenvalue weighted by molar-refractivity contribution is -0.137. The average molecular weight is 442 g/mol. The second-order valence-corrected chi connectivity index (χ2v) is 8.68. The van der Waals surface area contributed by atoms with Gasteiger partial charge in [-0.05, 0) is 42.3 Å². The zero-order valence-electron chi connectivity index (χ0n) is 16.0. The Bertz CT molecular complexity index is 986. The number of amides is 1. The summed E-state index contributed by atoms with van der Waals surface area (Å²) < 4.78 is 70.0. The molecule has 2 aromatic rings. The van der Waals surface area contributed by atoms with Gasteiger partial charge in [-0.2, -0.15) is 17.5 Å². The van der Waals surface area contributed by atoms with E-state index in [1.165, 1.54) is 28.6 Å². The van der Waals surface area contributed by atoms with E-state index in [1.807, 2.05) is 0 Å². The maximum atomic E-state index is 12.8. The summed E-state index contributed by atoms with van der Waals surface area (Å²) in [5, 5.41) is 2.58. The van der Waals surface area contributed by atoms with E-state index in [2.05, 4.69) is 5.32 Å². The fourth-order valence-electron chi connectivity index (χ4n) is 3.02. The van der Waals surface area contributed by atoms with Crippen LogP contribution in [0.25, 0.3) is 0 Å². The molecule has 3 rings (SSSR count). The van der Waals surface area contributed by atoms with E-state index in [0.717, 1.165) is 17.7 Å². The summed E-state index contributed by atoms with van der Waals surface area (Å²) in [5.41, 5.74) is -0.163. The van der Waals surface area contributed by atoms with E-state index in [0.29, 0.717) is 32.7 Å². The fourth-order valence-corrected chi connectivity index (χ4v) is 4.43. The van der Waals surface area contributed by atoms with Crippen molar-refractivity contribution < 1.29 is 31.1 Å². The highest BCUT2D eigenvalue weighted by molar-refractivity contribution is 7.89. The molecule has 0 radical (unpaired) electrons. The Hall–Kier alpha value is -2.43. The molecule has 1 amide bonds. The summed E-state index contributed by atoms with van der Waals surface area (Å²) in [6.07, 6.45) is -4.11.